The number of hydrogen-bond acceptors (Lipinski definition) is 5. The number of hydrogen-bond donors (Lipinski definition) is 1. The molecule has 0 atom stereocenters. The minimum Gasteiger partial charge on any atom is -0.351 e. The van der Waals surface area contributed by atoms with Gasteiger partial charge in [0.05, 0.1) is 17.2 Å². The fraction of sp³-hybridized carbons (Fsp3) is 0.429. The van der Waals surface area contributed by atoms with E-state index in [1.165, 1.54) is 4.88 Å². The summed E-state index contributed by atoms with van der Waals surface area (Å²) in [5, 5.41) is 8.12. The van der Waals surface area contributed by atoms with E-state index in [9.17, 15) is 4.79 Å². The Morgan fingerprint density at radius 3 is 2.95 bits per heavy atom. The SMILES string of the molecule is Cc1nc(CN(C)CCC(=O)NCc2cccs2)cs1. The van der Waals surface area contributed by atoms with Crippen LogP contribution in [-0.2, 0) is 17.9 Å². The fourth-order valence-corrected chi connectivity index (χ4v) is 3.06. The second-order valence-electron chi connectivity index (χ2n) is 4.70. The number of nitrogens with zero attached hydrogens (tertiary/aromatic N) is 2. The van der Waals surface area contributed by atoms with Gasteiger partial charge >= 0.3 is 0 Å². The topological polar surface area (TPSA) is 45.2 Å². The standard InChI is InChI=1S/C14H19N3OS2/c1-11-16-12(10-20-11)9-17(2)6-5-14(18)15-8-13-4-3-7-19-13/h3-4,7,10H,5-6,8-9H2,1-2H3,(H,15,18). The molecule has 108 valence electrons. The molecule has 0 saturated carbocycles. The predicted molar refractivity (Wildman–Crippen MR) is 84.0 cm³/mol. The van der Waals surface area contributed by atoms with E-state index in [1.54, 1.807) is 22.7 Å². The number of rotatable bonds is 7. The highest BCUT2D eigenvalue weighted by Crippen LogP contribution is 2.10. The first-order chi connectivity index (χ1) is 9.63. The van der Waals surface area contributed by atoms with E-state index in [0.717, 1.165) is 23.8 Å². The molecule has 1 N–H and O–H groups in total. The van der Waals surface area contributed by atoms with Gasteiger partial charge in [0.2, 0.25) is 5.91 Å². The van der Waals surface area contributed by atoms with Crippen molar-refractivity contribution in [3.63, 3.8) is 0 Å². The molecule has 4 nitrogen and oxygen atoms in total. The summed E-state index contributed by atoms with van der Waals surface area (Å²) in [7, 11) is 2.02. The van der Waals surface area contributed by atoms with Crippen molar-refractivity contribution in [2.75, 3.05) is 13.6 Å². The third-order valence-electron chi connectivity index (χ3n) is 2.86. The van der Waals surface area contributed by atoms with Gasteiger partial charge in [-0.15, -0.1) is 22.7 Å². The van der Waals surface area contributed by atoms with E-state index in [2.05, 4.69) is 20.6 Å². The molecule has 6 heteroatoms. The van der Waals surface area contributed by atoms with Crippen LogP contribution >= 0.6 is 22.7 Å². The third-order valence-corrected chi connectivity index (χ3v) is 4.56. The largest absolute Gasteiger partial charge is 0.351 e. The zero-order valence-electron chi connectivity index (χ0n) is 11.8. The molecule has 2 rings (SSSR count). The quantitative estimate of drug-likeness (QED) is 0.855. The smallest absolute Gasteiger partial charge is 0.221 e. The van der Waals surface area contributed by atoms with E-state index in [4.69, 9.17) is 0 Å². The lowest BCUT2D eigenvalue weighted by Gasteiger charge is -2.14. The number of thiazole rings is 1. The average Bonchev–Trinajstić information content (AvgIpc) is 3.06. The minimum absolute atomic E-state index is 0.0970. The van der Waals surface area contributed by atoms with E-state index in [-0.39, 0.29) is 5.91 Å². The molecule has 1 amide bonds. The summed E-state index contributed by atoms with van der Waals surface area (Å²) in [5.41, 5.74) is 1.08. The highest BCUT2D eigenvalue weighted by atomic mass is 32.1. The van der Waals surface area contributed by atoms with Crippen molar-refractivity contribution in [1.82, 2.24) is 15.2 Å². The molecule has 2 heterocycles. The maximum atomic E-state index is 11.8. The molecular weight excluding hydrogens is 290 g/mol. The van der Waals surface area contributed by atoms with Gasteiger partial charge in [0.25, 0.3) is 0 Å². The highest BCUT2D eigenvalue weighted by Gasteiger charge is 2.07. The van der Waals surface area contributed by atoms with E-state index >= 15 is 0 Å². The number of aryl methyl sites for hydroxylation is 1. The lowest BCUT2D eigenvalue weighted by Crippen LogP contribution is -2.28. The molecule has 2 aromatic rings. The van der Waals surface area contributed by atoms with Crippen molar-refractivity contribution in [2.24, 2.45) is 0 Å². The molecule has 20 heavy (non-hydrogen) atoms. The number of carbonyl (C=O) groups excluding carboxylic acids is 1. The van der Waals surface area contributed by atoms with Crippen molar-refractivity contribution < 1.29 is 4.79 Å². The minimum atomic E-state index is 0.0970. The highest BCUT2D eigenvalue weighted by molar-refractivity contribution is 7.10. The zero-order chi connectivity index (χ0) is 14.4. The van der Waals surface area contributed by atoms with Crippen LogP contribution in [-0.4, -0.2) is 29.4 Å². The number of nitrogens with one attached hydrogen (secondary N) is 1. The van der Waals surface area contributed by atoms with Crippen molar-refractivity contribution in [1.29, 1.82) is 0 Å². The van der Waals surface area contributed by atoms with Crippen molar-refractivity contribution in [3.8, 4) is 0 Å². The molecule has 0 aliphatic rings. The zero-order valence-corrected chi connectivity index (χ0v) is 13.4. The summed E-state index contributed by atoms with van der Waals surface area (Å²) in [5.74, 6) is 0.0970. The Bertz CT molecular complexity index is 536. The Balaban J connectivity index is 1.65. The number of amides is 1. The van der Waals surface area contributed by atoms with Gasteiger partial charge in [-0.3, -0.25) is 4.79 Å². The maximum Gasteiger partial charge on any atom is 0.221 e. The van der Waals surface area contributed by atoms with Crippen LogP contribution in [0, 0.1) is 6.92 Å². The Morgan fingerprint density at radius 2 is 2.30 bits per heavy atom. The van der Waals surface area contributed by atoms with Crippen LogP contribution in [0.3, 0.4) is 0 Å². The summed E-state index contributed by atoms with van der Waals surface area (Å²) in [4.78, 5) is 19.5. The third kappa shape index (κ3) is 5.03. The molecule has 0 aromatic carbocycles. The fourth-order valence-electron chi connectivity index (χ4n) is 1.82. The molecule has 0 radical (unpaired) electrons. The van der Waals surface area contributed by atoms with Crippen LogP contribution in [0.1, 0.15) is 22.0 Å². The first-order valence-corrected chi connectivity index (χ1v) is 8.28. The number of aromatic nitrogens is 1. The van der Waals surface area contributed by atoms with Crippen molar-refractivity contribution in [3.05, 3.63) is 38.5 Å². The summed E-state index contributed by atoms with van der Waals surface area (Å²) in [6.07, 6.45) is 0.519. The lowest BCUT2D eigenvalue weighted by molar-refractivity contribution is -0.121. The van der Waals surface area contributed by atoms with Crippen LogP contribution in [0.5, 0.6) is 0 Å². The Labute approximate surface area is 127 Å². The Hall–Kier alpha value is -1.24. The molecular formula is C14H19N3OS2. The maximum absolute atomic E-state index is 11.8. The molecule has 0 unspecified atom stereocenters. The molecule has 0 aliphatic heterocycles. The van der Waals surface area contributed by atoms with Crippen LogP contribution < -0.4 is 5.32 Å². The van der Waals surface area contributed by atoms with Gasteiger partial charge < -0.3 is 10.2 Å². The molecule has 0 bridgehead atoms. The van der Waals surface area contributed by atoms with E-state index < -0.39 is 0 Å². The normalized spacial score (nSPS) is 10.9. The molecule has 0 spiro atoms. The second kappa shape index (κ2) is 7.52. The van der Waals surface area contributed by atoms with E-state index in [1.807, 2.05) is 31.5 Å². The summed E-state index contributed by atoms with van der Waals surface area (Å²) < 4.78 is 0. The van der Waals surface area contributed by atoms with Gasteiger partial charge in [0.1, 0.15) is 0 Å². The Morgan fingerprint density at radius 1 is 1.45 bits per heavy atom. The summed E-state index contributed by atoms with van der Waals surface area (Å²) in [6, 6.07) is 4.03. The van der Waals surface area contributed by atoms with Gasteiger partial charge in [-0.1, -0.05) is 6.07 Å². The number of thiophene rings is 1. The molecule has 2 aromatic heterocycles. The first kappa shape index (κ1) is 15.2. The monoisotopic (exact) mass is 309 g/mol. The van der Waals surface area contributed by atoms with Crippen LogP contribution in [0.4, 0.5) is 0 Å². The van der Waals surface area contributed by atoms with Crippen LogP contribution in [0.15, 0.2) is 22.9 Å². The van der Waals surface area contributed by atoms with Gasteiger partial charge in [0, 0.05) is 29.8 Å². The van der Waals surface area contributed by atoms with Gasteiger partial charge in [-0.2, -0.15) is 0 Å². The van der Waals surface area contributed by atoms with Crippen molar-refractivity contribution in [2.45, 2.75) is 26.4 Å². The van der Waals surface area contributed by atoms with Crippen molar-refractivity contribution >= 4 is 28.6 Å². The van der Waals surface area contributed by atoms with Gasteiger partial charge in [-0.05, 0) is 25.4 Å². The summed E-state index contributed by atoms with van der Waals surface area (Å²) >= 11 is 3.32. The molecule has 0 fully saturated rings. The molecule has 0 saturated heterocycles. The second-order valence-corrected chi connectivity index (χ2v) is 6.80. The Kier molecular flexibility index (Phi) is 5.70. The first-order valence-electron chi connectivity index (χ1n) is 6.52. The summed E-state index contributed by atoms with van der Waals surface area (Å²) in [6.45, 7) is 4.17. The predicted octanol–water partition coefficient (Wildman–Crippen LogP) is 2.65. The van der Waals surface area contributed by atoms with Gasteiger partial charge in [-0.25, -0.2) is 4.98 Å². The molecule has 0 aliphatic carbocycles. The van der Waals surface area contributed by atoms with Crippen LogP contribution in [0.2, 0.25) is 0 Å². The van der Waals surface area contributed by atoms with Gasteiger partial charge in [0.15, 0.2) is 0 Å². The van der Waals surface area contributed by atoms with Crippen LogP contribution in [0.25, 0.3) is 0 Å². The average molecular weight is 309 g/mol. The lowest BCUT2D eigenvalue weighted by atomic mass is 10.3. The number of carbonyl (C=O) groups is 1. The van der Waals surface area contributed by atoms with E-state index in [0.29, 0.717) is 13.0 Å².